The topological polar surface area (TPSA) is 99.9 Å². The third-order valence-corrected chi connectivity index (χ3v) is 8.92. The molecule has 1 aliphatic rings. The van der Waals surface area contributed by atoms with Crippen molar-refractivity contribution in [3.8, 4) is 11.4 Å². The third kappa shape index (κ3) is 8.77. The molecule has 0 bridgehead atoms. The summed E-state index contributed by atoms with van der Waals surface area (Å²) in [4.78, 5) is 15.5. The molecule has 222 valence electrons. The minimum atomic E-state index is -0.851. The Balaban J connectivity index is 1.54. The lowest BCUT2D eigenvalue weighted by atomic mass is 9.74. The van der Waals surface area contributed by atoms with Crippen molar-refractivity contribution in [1.29, 1.82) is 0 Å². The minimum absolute atomic E-state index is 0.0289. The van der Waals surface area contributed by atoms with Gasteiger partial charge in [-0.25, -0.2) is 4.68 Å². The predicted octanol–water partition coefficient (Wildman–Crippen LogP) is 6.55. The van der Waals surface area contributed by atoms with Crippen molar-refractivity contribution < 1.29 is 19.7 Å². The van der Waals surface area contributed by atoms with Gasteiger partial charge in [-0.05, 0) is 139 Å². The van der Waals surface area contributed by atoms with Gasteiger partial charge in [-0.3, -0.25) is 9.69 Å². The van der Waals surface area contributed by atoms with Gasteiger partial charge in [0.2, 0.25) is 0 Å². The average Bonchev–Trinajstić information content (AvgIpc) is 3.26. The van der Waals surface area contributed by atoms with E-state index in [4.69, 9.17) is 4.74 Å². The van der Waals surface area contributed by atoms with Gasteiger partial charge in [-0.15, -0.1) is 0 Å². The molecule has 4 rings (SSSR count). The Kier molecular flexibility index (Phi) is 10.7. The number of alkyl halides is 2. The van der Waals surface area contributed by atoms with Gasteiger partial charge >= 0.3 is 0 Å². The number of benzene rings is 2. The summed E-state index contributed by atoms with van der Waals surface area (Å²) in [7, 11) is 0. The number of halogens is 3. The molecule has 3 aromatic rings. The summed E-state index contributed by atoms with van der Waals surface area (Å²) in [5.41, 5.74) is 1.94. The third-order valence-electron chi connectivity index (χ3n) is 7.69. The second-order valence-corrected chi connectivity index (χ2v) is 17.7. The largest absolute Gasteiger partial charge is 0.470 e. The highest BCUT2D eigenvalue weighted by molar-refractivity contribution is 14.2. The van der Waals surface area contributed by atoms with E-state index < -0.39 is 11.2 Å². The number of likely N-dealkylation sites (tertiary alicyclic amines) is 1. The maximum Gasteiger partial charge on any atom is 0.259 e. The standard InChI is InChI=1S/C30H37I3N4O4/c1-18-25(17-37(35-18)24-10-7-22(31)8-11-24)27(38)34-23-9-6-19(26(13-23)41-28(32)33)14-36-15-20(29(2,3)39)12-21(16-36)30(4,5)40/h6-11,13,17,20-21,28,39-40H,12,14-16H2,1-5H3,(H,34,38)/t20-,21-/m0/s1. The highest BCUT2D eigenvalue weighted by Gasteiger charge is 2.40. The number of nitrogens with one attached hydrogen (secondary N) is 1. The molecule has 1 aromatic heterocycles. The van der Waals surface area contributed by atoms with Crippen molar-refractivity contribution in [1.82, 2.24) is 14.7 Å². The number of aliphatic hydroxyl groups is 2. The number of carbonyl (C=O) groups is 1. The van der Waals surface area contributed by atoms with E-state index in [1.165, 1.54) is 0 Å². The maximum absolute atomic E-state index is 13.3. The molecular formula is C30H37I3N4O4. The molecule has 8 nitrogen and oxygen atoms in total. The zero-order valence-corrected chi connectivity index (χ0v) is 30.3. The Hall–Kier alpha value is -1.01. The number of aromatic nitrogens is 2. The smallest absolute Gasteiger partial charge is 0.259 e. The number of amides is 1. The zero-order chi connectivity index (χ0) is 30.1. The second kappa shape index (κ2) is 13.3. The Morgan fingerprint density at radius 1 is 1.07 bits per heavy atom. The van der Waals surface area contributed by atoms with E-state index in [1.54, 1.807) is 10.9 Å². The van der Waals surface area contributed by atoms with Crippen LogP contribution in [0.1, 0.15) is 55.7 Å². The van der Waals surface area contributed by atoms with E-state index >= 15 is 0 Å². The van der Waals surface area contributed by atoms with E-state index in [9.17, 15) is 15.0 Å². The molecular weight excluding hydrogens is 861 g/mol. The van der Waals surface area contributed by atoms with E-state index in [0.29, 0.717) is 29.2 Å². The molecule has 0 aliphatic carbocycles. The predicted molar refractivity (Wildman–Crippen MR) is 187 cm³/mol. The molecule has 0 radical (unpaired) electrons. The lowest BCUT2D eigenvalue weighted by Crippen LogP contribution is -2.52. The summed E-state index contributed by atoms with van der Waals surface area (Å²) in [6, 6.07) is 13.7. The molecule has 0 unspecified atom stereocenters. The SMILES string of the molecule is Cc1nn(-c2ccc(I)cc2)cc1C(=O)Nc1ccc(CN2C[C@@H](C(C)(C)O)C[C@H](C(C)(C)O)C2)c(OC(I)I)c1. The average molecular weight is 898 g/mol. The quantitative estimate of drug-likeness (QED) is 0.167. The van der Waals surface area contributed by atoms with Crippen LogP contribution < -0.4 is 10.1 Å². The zero-order valence-electron chi connectivity index (χ0n) is 23.9. The van der Waals surface area contributed by atoms with Gasteiger partial charge in [0.05, 0.1) is 28.1 Å². The fourth-order valence-electron chi connectivity index (χ4n) is 5.16. The summed E-state index contributed by atoms with van der Waals surface area (Å²) < 4.78 is 8.91. The summed E-state index contributed by atoms with van der Waals surface area (Å²) in [6.45, 7) is 11.2. The van der Waals surface area contributed by atoms with E-state index in [0.717, 1.165) is 34.3 Å². The number of anilines is 1. The van der Waals surface area contributed by atoms with Gasteiger partial charge in [-0.2, -0.15) is 5.10 Å². The first-order chi connectivity index (χ1) is 19.1. The van der Waals surface area contributed by atoms with Gasteiger partial charge in [0.1, 0.15) is 5.75 Å². The first-order valence-electron chi connectivity index (χ1n) is 13.5. The number of piperidine rings is 1. The van der Waals surface area contributed by atoms with Gasteiger partial charge in [0.15, 0.2) is 2.12 Å². The Morgan fingerprint density at radius 2 is 1.68 bits per heavy atom. The number of aryl methyl sites for hydroxylation is 1. The fourth-order valence-corrected chi connectivity index (χ4v) is 6.07. The highest BCUT2D eigenvalue weighted by Crippen LogP contribution is 2.37. The maximum atomic E-state index is 13.3. The molecule has 1 amide bonds. The molecule has 1 aliphatic heterocycles. The summed E-state index contributed by atoms with van der Waals surface area (Å²) >= 11 is 6.67. The monoisotopic (exact) mass is 898 g/mol. The van der Waals surface area contributed by atoms with Gasteiger partial charge in [0, 0.05) is 58.6 Å². The van der Waals surface area contributed by atoms with Crippen molar-refractivity contribution in [3.63, 3.8) is 0 Å². The number of rotatable bonds is 9. The lowest BCUT2D eigenvalue weighted by molar-refractivity contribution is -0.0810. The second-order valence-electron chi connectivity index (χ2n) is 11.8. The molecule has 41 heavy (non-hydrogen) atoms. The van der Waals surface area contributed by atoms with Gasteiger partial charge in [0.25, 0.3) is 5.91 Å². The molecule has 3 N–H and O–H groups in total. The van der Waals surface area contributed by atoms with Crippen LogP contribution >= 0.6 is 67.8 Å². The normalized spacial score (nSPS) is 18.5. The van der Waals surface area contributed by atoms with Gasteiger partial charge < -0.3 is 20.3 Å². The lowest BCUT2D eigenvalue weighted by Gasteiger charge is -2.46. The van der Waals surface area contributed by atoms with Crippen LogP contribution in [0.3, 0.4) is 0 Å². The van der Waals surface area contributed by atoms with Crippen molar-refractivity contribution in [2.45, 2.75) is 60.9 Å². The Morgan fingerprint density at radius 3 is 2.24 bits per heavy atom. The molecule has 1 saturated heterocycles. The Bertz CT molecular complexity index is 1340. The highest BCUT2D eigenvalue weighted by atomic mass is 127. The van der Waals surface area contributed by atoms with Crippen LogP contribution in [0.15, 0.2) is 48.7 Å². The van der Waals surface area contributed by atoms with Crippen molar-refractivity contribution in [2.24, 2.45) is 11.8 Å². The van der Waals surface area contributed by atoms with Crippen LogP contribution in [0.25, 0.3) is 5.69 Å². The minimum Gasteiger partial charge on any atom is -0.470 e. The van der Waals surface area contributed by atoms with Crippen molar-refractivity contribution in [2.75, 3.05) is 18.4 Å². The van der Waals surface area contributed by atoms with Crippen molar-refractivity contribution >= 4 is 79.4 Å². The Labute approximate surface area is 283 Å². The first-order valence-corrected chi connectivity index (χ1v) is 17.1. The number of carbonyl (C=O) groups excluding carboxylic acids is 1. The van der Waals surface area contributed by atoms with Gasteiger partial charge in [-0.1, -0.05) is 6.07 Å². The van der Waals surface area contributed by atoms with Crippen LogP contribution in [0, 0.1) is 22.3 Å². The van der Waals surface area contributed by atoms with Crippen LogP contribution in [0.4, 0.5) is 5.69 Å². The fraction of sp³-hybridized carbons (Fsp3) is 0.467. The van der Waals surface area contributed by atoms with Crippen LogP contribution in [0.2, 0.25) is 0 Å². The molecule has 1 fully saturated rings. The van der Waals surface area contributed by atoms with E-state index in [2.05, 4.69) is 83.1 Å². The number of hydrogen-bond acceptors (Lipinski definition) is 6. The number of ether oxygens (including phenoxy) is 1. The summed E-state index contributed by atoms with van der Waals surface area (Å²) in [6.07, 6.45) is 2.51. The van der Waals surface area contributed by atoms with Crippen molar-refractivity contribution in [3.05, 3.63) is 69.1 Å². The molecule has 11 heteroatoms. The molecule has 2 aromatic carbocycles. The number of hydrogen-bond donors (Lipinski definition) is 3. The van der Waals surface area contributed by atoms with Crippen LogP contribution in [-0.4, -0.2) is 57.2 Å². The molecule has 0 saturated carbocycles. The van der Waals surface area contributed by atoms with Crippen LogP contribution in [0.5, 0.6) is 5.75 Å². The molecule has 2 atom stereocenters. The molecule has 0 spiro atoms. The van der Waals surface area contributed by atoms with E-state index in [1.807, 2.05) is 77.1 Å². The number of nitrogens with zero attached hydrogens (tertiary/aromatic N) is 3. The summed E-state index contributed by atoms with van der Waals surface area (Å²) in [5, 5.41) is 29.2. The first kappa shape index (κ1) is 32.9. The molecule has 2 heterocycles. The van der Waals surface area contributed by atoms with E-state index in [-0.39, 0.29) is 19.9 Å². The summed E-state index contributed by atoms with van der Waals surface area (Å²) in [5.74, 6) is 0.506. The van der Waals surface area contributed by atoms with Crippen LogP contribution in [-0.2, 0) is 6.54 Å².